The highest BCUT2D eigenvalue weighted by Gasteiger charge is 2.22. The van der Waals surface area contributed by atoms with Crippen molar-refractivity contribution in [1.29, 1.82) is 0 Å². The number of hydrogen-bond acceptors (Lipinski definition) is 3. The van der Waals surface area contributed by atoms with Crippen molar-refractivity contribution in [3.05, 3.63) is 23.8 Å². The number of nitrogen functional groups attached to an aromatic ring is 1. The van der Waals surface area contributed by atoms with E-state index < -0.39 is 10.0 Å². The van der Waals surface area contributed by atoms with Crippen molar-refractivity contribution in [2.75, 3.05) is 18.8 Å². The first-order chi connectivity index (χ1) is 8.97. The highest BCUT2D eigenvalue weighted by molar-refractivity contribution is 7.89. The summed E-state index contributed by atoms with van der Waals surface area (Å²) >= 11 is 0. The molecule has 4 nitrogen and oxygen atoms in total. The summed E-state index contributed by atoms with van der Waals surface area (Å²) < 4.78 is 26.5. The van der Waals surface area contributed by atoms with Gasteiger partial charge in [0.2, 0.25) is 10.0 Å². The van der Waals surface area contributed by atoms with Crippen molar-refractivity contribution in [2.45, 2.75) is 44.9 Å². The first-order valence-electron chi connectivity index (χ1n) is 6.85. The molecule has 0 saturated carbocycles. The molecule has 108 valence electrons. The van der Waals surface area contributed by atoms with Crippen LogP contribution in [0.2, 0.25) is 0 Å². The van der Waals surface area contributed by atoms with Crippen LogP contribution in [0.3, 0.4) is 0 Å². The van der Waals surface area contributed by atoms with Crippen LogP contribution in [0.1, 0.15) is 39.2 Å². The van der Waals surface area contributed by atoms with Crippen LogP contribution in [0.15, 0.2) is 23.1 Å². The van der Waals surface area contributed by atoms with Crippen LogP contribution in [-0.4, -0.2) is 25.8 Å². The average Bonchev–Trinajstić information content (AvgIpc) is 2.39. The van der Waals surface area contributed by atoms with Gasteiger partial charge in [0.15, 0.2) is 0 Å². The van der Waals surface area contributed by atoms with E-state index in [1.165, 1.54) is 4.31 Å². The number of sulfonamides is 1. The lowest BCUT2D eigenvalue weighted by atomic mass is 10.1. The minimum atomic E-state index is -3.42. The number of nitrogens with zero attached hydrogens (tertiary/aromatic N) is 1. The Kier molecular flexibility index (Phi) is 5.82. The monoisotopic (exact) mass is 284 g/mol. The second-order valence-electron chi connectivity index (χ2n) is 4.56. The molecule has 5 heteroatoms. The fourth-order valence-electron chi connectivity index (χ4n) is 1.99. The third-order valence-corrected chi connectivity index (χ3v) is 5.22. The van der Waals surface area contributed by atoms with Crippen LogP contribution >= 0.6 is 0 Å². The Labute approximate surface area is 116 Å². The number of aryl methyl sites for hydroxylation is 1. The first kappa shape index (κ1) is 16.0. The van der Waals surface area contributed by atoms with Gasteiger partial charge in [-0.25, -0.2) is 8.42 Å². The zero-order valence-corrected chi connectivity index (χ0v) is 12.8. The SMILES string of the molecule is CCCCN(CC)S(=O)(=O)c1ccc(CC)c(N)c1. The van der Waals surface area contributed by atoms with E-state index in [0.29, 0.717) is 23.7 Å². The third-order valence-electron chi connectivity index (χ3n) is 3.25. The molecule has 19 heavy (non-hydrogen) atoms. The summed E-state index contributed by atoms with van der Waals surface area (Å²) in [6, 6.07) is 5.03. The largest absolute Gasteiger partial charge is 0.398 e. The maximum absolute atomic E-state index is 12.5. The normalized spacial score (nSPS) is 12.0. The minimum absolute atomic E-state index is 0.292. The molecule has 0 fully saturated rings. The lowest BCUT2D eigenvalue weighted by Crippen LogP contribution is -2.31. The van der Waals surface area contributed by atoms with Gasteiger partial charge in [0, 0.05) is 18.8 Å². The van der Waals surface area contributed by atoms with Crippen molar-refractivity contribution in [3.63, 3.8) is 0 Å². The highest BCUT2D eigenvalue weighted by atomic mass is 32.2. The van der Waals surface area contributed by atoms with Gasteiger partial charge in [-0.15, -0.1) is 0 Å². The second-order valence-corrected chi connectivity index (χ2v) is 6.50. The van der Waals surface area contributed by atoms with Crippen molar-refractivity contribution in [3.8, 4) is 0 Å². The fourth-order valence-corrected chi connectivity index (χ4v) is 3.51. The molecule has 2 N–H and O–H groups in total. The molecule has 0 amide bonds. The lowest BCUT2D eigenvalue weighted by molar-refractivity contribution is 0.419. The quantitative estimate of drug-likeness (QED) is 0.783. The Hall–Kier alpha value is -1.07. The predicted molar refractivity (Wildman–Crippen MR) is 79.6 cm³/mol. The average molecular weight is 284 g/mol. The van der Waals surface area contributed by atoms with Gasteiger partial charge < -0.3 is 5.73 Å². The van der Waals surface area contributed by atoms with Crippen LogP contribution in [0.25, 0.3) is 0 Å². The summed E-state index contributed by atoms with van der Waals surface area (Å²) in [7, 11) is -3.42. The summed E-state index contributed by atoms with van der Waals surface area (Å²) in [5.74, 6) is 0. The van der Waals surface area contributed by atoms with Gasteiger partial charge in [-0.2, -0.15) is 4.31 Å². The number of anilines is 1. The van der Waals surface area contributed by atoms with E-state index in [1.807, 2.05) is 13.8 Å². The molecule has 0 aliphatic heterocycles. The predicted octanol–water partition coefficient (Wildman–Crippen LogP) is 2.64. The van der Waals surface area contributed by atoms with Crippen LogP contribution in [0.5, 0.6) is 0 Å². The maximum atomic E-state index is 12.5. The van der Waals surface area contributed by atoms with Crippen molar-refractivity contribution >= 4 is 15.7 Å². The summed E-state index contributed by atoms with van der Waals surface area (Å²) in [5, 5.41) is 0. The number of hydrogen-bond donors (Lipinski definition) is 1. The van der Waals surface area contributed by atoms with Crippen molar-refractivity contribution in [2.24, 2.45) is 0 Å². The number of nitrogens with two attached hydrogens (primary N) is 1. The van der Waals surface area contributed by atoms with Gasteiger partial charge in [0.25, 0.3) is 0 Å². The molecule has 0 aliphatic rings. The van der Waals surface area contributed by atoms with E-state index in [1.54, 1.807) is 18.2 Å². The topological polar surface area (TPSA) is 63.4 Å². The lowest BCUT2D eigenvalue weighted by Gasteiger charge is -2.20. The van der Waals surface area contributed by atoms with Gasteiger partial charge >= 0.3 is 0 Å². The van der Waals surface area contributed by atoms with Gasteiger partial charge in [-0.05, 0) is 30.5 Å². The van der Waals surface area contributed by atoms with Gasteiger partial charge in [-0.3, -0.25) is 0 Å². The Morgan fingerprint density at radius 3 is 2.37 bits per heavy atom. The van der Waals surface area contributed by atoms with Gasteiger partial charge in [-0.1, -0.05) is 33.3 Å². The van der Waals surface area contributed by atoms with Crippen LogP contribution in [-0.2, 0) is 16.4 Å². The second kappa shape index (κ2) is 6.91. The fraction of sp³-hybridized carbons (Fsp3) is 0.571. The van der Waals surface area contributed by atoms with Crippen molar-refractivity contribution in [1.82, 2.24) is 4.31 Å². The zero-order chi connectivity index (χ0) is 14.5. The molecule has 0 spiro atoms. The number of rotatable bonds is 7. The van der Waals surface area contributed by atoms with E-state index in [-0.39, 0.29) is 0 Å². The molecule has 0 atom stereocenters. The van der Waals surface area contributed by atoms with Gasteiger partial charge in [0.05, 0.1) is 4.90 Å². The maximum Gasteiger partial charge on any atom is 0.243 e. The summed E-state index contributed by atoms with van der Waals surface area (Å²) in [6.45, 7) is 6.95. The van der Waals surface area contributed by atoms with Gasteiger partial charge in [0.1, 0.15) is 0 Å². The van der Waals surface area contributed by atoms with E-state index in [9.17, 15) is 8.42 Å². The summed E-state index contributed by atoms with van der Waals surface area (Å²) in [6.07, 6.45) is 2.65. The van der Waals surface area contributed by atoms with E-state index in [2.05, 4.69) is 6.92 Å². The van der Waals surface area contributed by atoms with Crippen molar-refractivity contribution < 1.29 is 8.42 Å². The Morgan fingerprint density at radius 2 is 1.89 bits per heavy atom. The third kappa shape index (κ3) is 3.70. The molecular formula is C14H24N2O2S. The summed E-state index contributed by atoms with van der Waals surface area (Å²) in [4.78, 5) is 0.292. The highest BCUT2D eigenvalue weighted by Crippen LogP contribution is 2.22. The van der Waals surface area contributed by atoms with Crippen LogP contribution in [0, 0.1) is 0 Å². The molecule has 0 heterocycles. The molecular weight excluding hydrogens is 260 g/mol. The number of unbranched alkanes of at least 4 members (excludes halogenated alkanes) is 1. The Bertz CT molecular complexity index is 512. The zero-order valence-electron chi connectivity index (χ0n) is 12.0. The molecule has 0 saturated heterocycles. The van der Waals surface area contributed by atoms with E-state index in [4.69, 9.17) is 5.73 Å². The Balaban J connectivity index is 3.07. The minimum Gasteiger partial charge on any atom is -0.398 e. The number of benzene rings is 1. The van der Waals surface area contributed by atoms with E-state index in [0.717, 1.165) is 24.8 Å². The molecule has 0 unspecified atom stereocenters. The van der Waals surface area contributed by atoms with Crippen LogP contribution < -0.4 is 5.73 Å². The van der Waals surface area contributed by atoms with E-state index >= 15 is 0 Å². The summed E-state index contributed by atoms with van der Waals surface area (Å²) in [5.41, 5.74) is 7.42. The first-order valence-corrected chi connectivity index (χ1v) is 8.29. The standard InChI is InChI=1S/C14H24N2O2S/c1-4-7-10-16(6-3)19(17,18)13-9-8-12(5-2)14(15)11-13/h8-9,11H,4-7,10,15H2,1-3H3. The molecule has 0 aromatic heterocycles. The smallest absolute Gasteiger partial charge is 0.243 e. The van der Waals surface area contributed by atoms with Crippen LogP contribution in [0.4, 0.5) is 5.69 Å². The molecule has 1 aromatic rings. The molecule has 1 rings (SSSR count). The molecule has 0 bridgehead atoms. The molecule has 0 aliphatic carbocycles. The molecule has 1 aromatic carbocycles. The molecule has 0 radical (unpaired) electrons. The Morgan fingerprint density at radius 1 is 1.21 bits per heavy atom.